The summed E-state index contributed by atoms with van der Waals surface area (Å²) in [4.78, 5) is 14.2. The molecule has 1 aliphatic heterocycles. The Balaban J connectivity index is 2.63. The molecule has 0 aromatic carbocycles. The molecule has 0 spiro atoms. The van der Waals surface area contributed by atoms with Crippen molar-refractivity contribution in [3.8, 4) is 0 Å². The fourth-order valence-electron chi connectivity index (χ4n) is 2.00. The van der Waals surface area contributed by atoms with E-state index in [1.807, 2.05) is 11.8 Å². The molecule has 1 saturated heterocycles. The fourth-order valence-corrected chi connectivity index (χ4v) is 2.32. The highest BCUT2D eigenvalue weighted by Crippen LogP contribution is 2.22. The highest BCUT2D eigenvalue weighted by atomic mass is 35.5. The van der Waals surface area contributed by atoms with Crippen LogP contribution in [-0.2, 0) is 4.79 Å². The predicted molar refractivity (Wildman–Crippen MR) is 64.1 cm³/mol. The lowest BCUT2D eigenvalue weighted by molar-refractivity contribution is -0.139. The number of nitrogens with zero attached hydrogens (tertiary/aromatic N) is 1. The molecule has 0 saturated carbocycles. The zero-order valence-electron chi connectivity index (χ0n) is 10.0. The molecule has 1 fully saturated rings. The maximum absolute atomic E-state index is 12.2. The maximum atomic E-state index is 12.2. The van der Waals surface area contributed by atoms with Gasteiger partial charge >= 0.3 is 0 Å². The van der Waals surface area contributed by atoms with E-state index >= 15 is 0 Å². The van der Waals surface area contributed by atoms with Crippen molar-refractivity contribution >= 4 is 17.5 Å². The van der Waals surface area contributed by atoms with Gasteiger partial charge in [-0.15, -0.1) is 11.6 Å². The van der Waals surface area contributed by atoms with Gasteiger partial charge in [0.05, 0.1) is 0 Å². The van der Waals surface area contributed by atoms with Crippen molar-refractivity contribution in [2.24, 2.45) is 11.8 Å². The van der Waals surface area contributed by atoms with Gasteiger partial charge in [-0.05, 0) is 25.2 Å². The van der Waals surface area contributed by atoms with E-state index in [2.05, 4.69) is 13.8 Å². The van der Waals surface area contributed by atoms with Crippen molar-refractivity contribution in [3.63, 3.8) is 0 Å². The Morgan fingerprint density at radius 2 is 2.07 bits per heavy atom. The van der Waals surface area contributed by atoms with Crippen molar-refractivity contribution in [2.75, 3.05) is 12.4 Å². The summed E-state index contributed by atoms with van der Waals surface area (Å²) in [6.07, 6.45) is 3.40. The molecule has 88 valence electrons. The van der Waals surface area contributed by atoms with E-state index in [1.54, 1.807) is 0 Å². The van der Waals surface area contributed by atoms with Gasteiger partial charge in [0.25, 0.3) is 0 Å². The summed E-state index contributed by atoms with van der Waals surface area (Å²) in [5, 5.41) is 0. The first kappa shape index (κ1) is 12.8. The molecular formula is C12H22ClNO. The van der Waals surface area contributed by atoms with Crippen LogP contribution in [0, 0.1) is 11.8 Å². The number of hydrogen-bond donors (Lipinski definition) is 0. The van der Waals surface area contributed by atoms with Crippen LogP contribution in [0.4, 0.5) is 0 Å². The standard InChI is InChI=1S/C12H22ClNO/c1-9(2)10(3)12(15)14-7-5-4-6-11(14)8-13/h9-11H,4-8H2,1-3H3. The minimum atomic E-state index is 0.119. The summed E-state index contributed by atoms with van der Waals surface area (Å²) in [5.41, 5.74) is 0. The number of alkyl halides is 1. The predicted octanol–water partition coefficient (Wildman–Crippen LogP) is 2.90. The van der Waals surface area contributed by atoms with Gasteiger partial charge in [0, 0.05) is 24.4 Å². The van der Waals surface area contributed by atoms with Crippen molar-refractivity contribution < 1.29 is 4.79 Å². The molecule has 0 aliphatic carbocycles. The molecule has 1 aliphatic rings. The third-order valence-corrected chi connectivity index (χ3v) is 3.83. The van der Waals surface area contributed by atoms with Gasteiger partial charge < -0.3 is 4.90 Å². The molecule has 0 aromatic heterocycles. The summed E-state index contributed by atoms with van der Waals surface area (Å²) in [6, 6.07) is 0.272. The summed E-state index contributed by atoms with van der Waals surface area (Å²) >= 11 is 5.91. The minimum Gasteiger partial charge on any atom is -0.338 e. The van der Waals surface area contributed by atoms with Crippen LogP contribution in [0.15, 0.2) is 0 Å². The monoisotopic (exact) mass is 231 g/mol. The van der Waals surface area contributed by atoms with Crippen LogP contribution < -0.4 is 0 Å². The average Bonchev–Trinajstić information content (AvgIpc) is 2.26. The van der Waals surface area contributed by atoms with Crippen molar-refractivity contribution in [2.45, 2.75) is 46.1 Å². The van der Waals surface area contributed by atoms with Crippen LogP contribution >= 0.6 is 11.6 Å². The van der Waals surface area contributed by atoms with Crippen molar-refractivity contribution in [3.05, 3.63) is 0 Å². The smallest absolute Gasteiger partial charge is 0.225 e. The minimum absolute atomic E-state index is 0.119. The molecule has 2 unspecified atom stereocenters. The number of amides is 1. The van der Waals surface area contributed by atoms with Crippen LogP contribution in [-0.4, -0.2) is 29.3 Å². The number of halogens is 1. The SMILES string of the molecule is CC(C)C(C)C(=O)N1CCCCC1CCl. The Morgan fingerprint density at radius 1 is 1.40 bits per heavy atom. The second-order valence-electron chi connectivity index (χ2n) is 4.87. The average molecular weight is 232 g/mol. The second-order valence-corrected chi connectivity index (χ2v) is 5.18. The van der Waals surface area contributed by atoms with E-state index in [1.165, 1.54) is 6.42 Å². The number of likely N-dealkylation sites (tertiary alicyclic amines) is 1. The van der Waals surface area contributed by atoms with Gasteiger partial charge in [-0.3, -0.25) is 4.79 Å². The van der Waals surface area contributed by atoms with E-state index in [4.69, 9.17) is 11.6 Å². The maximum Gasteiger partial charge on any atom is 0.225 e. The Kier molecular flexibility index (Phi) is 4.91. The van der Waals surface area contributed by atoms with E-state index in [0.29, 0.717) is 11.8 Å². The van der Waals surface area contributed by atoms with E-state index in [0.717, 1.165) is 19.4 Å². The molecule has 15 heavy (non-hydrogen) atoms. The Labute approximate surface area is 98.0 Å². The van der Waals surface area contributed by atoms with Crippen molar-refractivity contribution in [1.29, 1.82) is 0 Å². The van der Waals surface area contributed by atoms with Crippen LogP contribution in [0.3, 0.4) is 0 Å². The second kappa shape index (κ2) is 5.74. The van der Waals surface area contributed by atoms with Gasteiger partial charge in [-0.1, -0.05) is 20.8 Å². The number of hydrogen-bond acceptors (Lipinski definition) is 1. The summed E-state index contributed by atoms with van der Waals surface area (Å²) < 4.78 is 0. The van der Waals surface area contributed by atoms with Crippen molar-refractivity contribution in [1.82, 2.24) is 4.90 Å². The number of carbonyl (C=O) groups excluding carboxylic acids is 1. The molecule has 1 amide bonds. The Bertz CT molecular complexity index is 218. The fraction of sp³-hybridized carbons (Fsp3) is 0.917. The van der Waals surface area contributed by atoms with Gasteiger partial charge in [0.2, 0.25) is 5.91 Å². The van der Waals surface area contributed by atoms with E-state index in [9.17, 15) is 4.79 Å². The largest absolute Gasteiger partial charge is 0.338 e. The Hall–Kier alpha value is -0.240. The van der Waals surface area contributed by atoms with Crippen LogP contribution in [0.1, 0.15) is 40.0 Å². The van der Waals surface area contributed by atoms with E-state index in [-0.39, 0.29) is 17.9 Å². The first-order valence-electron chi connectivity index (χ1n) is 5.94. The molecule has 0 bridgehead atoms. The van der Waals surface area contributed by atoms with Gasteiger partial charge in [0.15, 0.2) is 0 Å². The topological polar surface area (TPSA) is 20.3 Å². The molecule has 0 aromatic rings. The first-order chi connectivity index (χ1) is 7.07. The van der Waals surface area contributed by atoms with E-state index < -0.39 is 0 Å². The normalized spacial score (nSPS) is 24.3. The number of rotatable bonds is 3. The summed E-state index contributed by atoms with van der Waals surface area (Å²) in [6.45, 7) is 7.12. The molecule has 0 N–H and O–H groups in total. The molecule has 1 rings (SSSR count). The van der Waals surface area contributed by atoms with Crippen LogP contribution in [0.2, 0.25) is 0 Å². The number of piperidine rings is 1. The molecular weight excluding hydrogens is 210 g/mol. The molecule has 3 heteroatoms. The zero-order chi connectivity index (χ0) is 11.4. The van der Waals surface area contributed by atoms with Crippen LogP contribution in [0.25, 0.3) is 0 Å². The highest BCUT2D eigenvalue weighted by molar-refractivity contribution is 6.18. The molecule has 0 radical (unpaired) electrons. The van der Waals surface area contributed by atoms with Gasteiger partial charge in [-0.25, -0.2) is 0 Å². The van der Waals surface area contributed by atoms with Gasteiger partial charge in [0.1, 0.15) is 0 Å². The zero-order valence-corrected chi connectivity index (χ0v) is 10.8. The molecule has 2 nitrogen and oxygen atoms in total. The molecule has 2 atom stereocenters. The summed E-state index contributed by atoms with van der Waals surface area (Å²) in [5.74, 6) is 1.40. The Morgan fingerprint density at radius 3 is 2.60 bits per heavy atom. The lowest BCUT2D eigenvalue weighted by Gasteiger charge is -2.37. The quantitative estimate of drug-likeness (QED) is 0.684. The molecule has 1 heterocycles. The lowest BCUT2D eigenvalue weighted by atomic mass is 9.94. The summed E-state index contributed by atoms with van der Waals surface area (Å²) in [7, 11) is 0. The first-order valence-corrected chi connectivity index (χ1v) is 6.47. The third-order valence-electron chi connectivity index (χ3n) is 3.48. The third kappa shape index (κ3) is 3.10. The van der Waals surface area contributed by atoms with Crippen LogP contribution in [0.5, 0.6) is 0 Å². The highest BCUT2D eigenvalue weighted by Gasteiger charge is 2.29. The van der Waals surface area contributed by atoms with Gasteiger partial charge in [-0.2, -0.15) is 0 Å². The lowest BCUT2D eigenvalue weighted by Crippen LogP contribution is -2.47. The number of carbonyl (C=O) groups is 1.